The molecule has 17 heavy (non-hydrogen) atoms. The van der Waals surface area contributed by atoms with Crippen LogP contribution in [0.15, 0.2) is 12.2 Å². The van der Waals surface area contributed by atoms with Crippen molar-refractivity contribution in [2.75, 3.05) is 0 Å². The fraction of sp³-hybridized carbons (Fsp3) is 0.867. The summed E-state index contributed by atoms with van der Waals surface area (Å²) < 4.78 is 6.13. The van der Waals surface area contributed by atoms with E-state index < -0.39 is 0 Å². The smallest absolute Gasteiger partial charge is 0.121 e. The minimum absolute atomic E-state index is 0.0358. The molecule has 1 N–H and O–H groups in total. The Morgan fingerprint density at radius 1 is 1.41 bits per heavy atom. The summed E-state index contributed by atoms with van der Waals surface area (Å²) in [4.78, 5) is 0. The van der Waals surface area contributed by atoms with Gasteiger partial charge in [-0.05, 0) is 57.3 Å². The zero-order valence-corrected chi connectivity index (χ0v) is 11.2. The van der Waals surface area contributed by atoms with Gasteiger partial charge in [-0.1, -0.05) is 19.1 Å². The van der Waals surface area contributed by atoms with Crippen LogP contribution >= 0.6 is 0 Å². The van der Waals surface area contributed by atoms with E-state index in [0.717, 1.165) is 19.3 Å². The van der Waals surface area contributed by atoms with Crippen molar-refractivity contribution in [3.8, 4) is 0 Å². The van der Waals surface area contributed by atoms with Crippen LogP contribution in [-0.2, 0) is 4.74 Å². The average Bonchev–Trinajstić information content (AvgIpc) is 2.85. The molecule has 96 valence electrons. The van der Waals surface area contributed by atoms with Crippen molar-refractivity contribution in [3.05, 3.63) is 12.2 Å². The van der Waals surface area contributed by atoms with E-state index in [1.54, 1.807) is 0 Å². The van der Waals surface area contributed by atoms with Gasteiger partial charge in [0.15, 0.2) is 0 Å². The van der Waals surface area contributed by atoms with Crippen molar-refractivity contribution in [3.63, 3.8) is 0 Å². The Kier molecular flexibility index (Phi) is 2.32. The average molecular weight is 236 g/mol. The van der Waals surface area contributed by atoms with E-state index in [0.29, 0.717) is 17.8 Å². The second kappa shape index (κ2) is 3.36. The summed E-state index contributed by atoms with van der Waals surface area (Å²) in [5, 5.41) is 10.2. The molecule has 6 atom stereocenters. The lowest BCUT2D eigenvalue weighted by atomic mass is 9.58. The summed E-state index contributed by atoms with van der Waals surface area (Å²) in [5.74, 6) is 1.92. The van der Waals surface area contributed by atoms with Crippen molar-refractivity contribution in [2.45, 2.75) is 63.8 Å². The van der Waals surface area contributed by atoms with E-state index in [1.165, 1.54) is 12.0 Å². The van der Waals surface area contributed by atoms with Crippen molar-refractivity contribution in [2.24, 2.45) is 17.8 Å². The first kappa shape index (κ1) is 11.7. The highest BCUT2D eigenvalue weighted by atomic mass is 16.6. The van der Waals surface area contributed by atoms with E-state index in [4.69, 9.17) is 4.74 Å². The van der Waals surface area contributed by atoms with E-state index in [2.05, 4.69) is 27.4 Å². The predicted octanol–water partition coefficient (Wildman–Crippen LogP) is 2.91. The Hall–Kier alpha value is -0.340. The SMILES string of the molecule is C=C(C)[C@@H]1C[C@H](C)[C@@H]2CC[C@@H](O)[C@@]3(C)O[C@]23C1. The number of epoxide rings is 1. The molecule has 1 saturated heterocycles. The van der Waals surface area contributed by atoms with E-state index >= 15 is 0 Å². The van der Waals surface area contributed by atoms with Gasteiger partial charge < -0.3 is 9.84 Å². The van der Waals surface area contributed by atoms with Crippen LogP contribution in [0.5, 0.6) is 0 Å². The van der Waals surface area contributed by atoms with Crippen LogP contribution in [0.1, 0.15) is 46.5 Å². The van der Waals surface area contributed by atoms with Gasteiger partial charge in [-0.15, -0.1) is 0 Å². The largest absolute Gasteiger partial charge is 0.390 e. The monoisotopic (exact) mass is 236 g/mol. The van der Waals surface area contributed by atoms with Gasteiger partial charge >= 0.3 is 0 Å². The highest BCUT2D eigenvalue weighted by molar-refractivity contribution is 5.26. The van der Waals surface area contributed by atoms with Crippen molar-refractivity contribution in [1.82, 2.24) is 0 Å². The lowest BCUT2D eigenvalue weighted by Crippen LogP contribution is -2.50. The van der Waals surface area contributed by atoms with E-state index in [-0.39, 0.29) is 17.3 Å². The van der Waals surface area contributed by atoms with Crippen LogP contribution in [0.3, 0.4) is 0 Å². The molecule has 0 aromatic heterocycles. The molecule has 0 radical (unpaired) electrons. The quantitative estimate of drug-likeness (QED) is 0.561. The number of hydrogen-bond donors (Lipinski definition) is 1. The summed E-state index contributed by atoms with van der Waals surface area (Å²) >= 11 is 0. The molecule has 0 bridgehead atoms. The lowest BCUT2D eigenvalue weighted by molar-refractivity contribution is 0.0319. The second-order valence-electron chi connectivity index (χ2n) is 6.76. The normalized spacial score (nSPS) is 56.9. The third kappa shape index (κ3) is 1.34. The zero-order chi connectivity index (χ0) is 12.4. The van der Waals surface area contributed by atoms with E-state index in [1.807, 2.05) is 0 Å². The molecule has 0 aromatic carbocycles. The molecule has 2 saturated carbocycles. The molecule has 3 fully saturated rings. The molecular formula is C15H24O2. The van der Waals surface area contributed by atoms with Crippen LogP contribution in [0, 0.1) is 17.8 Å². The summed E-state index contributed by atoms with van der Waals surface area (Å²) in [6.45, 7) is 10.7. The Labute approximate surface area is 104 Å². The Morgan fingerprint density at radius 2 is 2.12 bits per heavy atom. The molecule has 2 aliphatic carbocycles. The first-order valence-corrected chi connectivity index (χ1v) is 6.94. The van der Waals surface area contributed by atoms with Crippen molar-refractivity contribution in [1.29, 1.82) is 0 Å². The third-order valence-electron chi connectivity index (χ3n) is 5.77. The van der Waals surface area contributed by atoms with Gasteiger partial charge in [0.1, 0.15) is 11.2 Å². The van der Waals surface area contributed by atoms with Gasteiger partial charge in [-0.25, -0.2) is 0 Å². The maximum absolute atomic E-state index is 10.2. The summed E-state index contributed by atoms with van der Waals surface area (Å²) in [6.07, 6.45) is 4.09. The maximum Gasteiger partial charge on any atom is 0.121 e. The summed E-state index contributed by atoms with van der Waals surface area (Å²) in [5.41, 5.74) is 0.979. The molecule has 3 rings (SSSR count). The number of hydrogen-bond acceptors (Lipinski definition) is 2. The first-order chi connectivity index (χ1) is 7.91. The predicted molar refractivity (Wildman–Crippen MR) is 67.7 cm³/mol. The molecule has 1 aliphatic heterocycles. The fourth-order valence-electron chi connectivity index (χ4n) is 4.57. The number of ether oxygens (including phenoxy) is 1. The minimum Gasteiger partial charge on any atom is -0.390 e. The fourth-order valence-corrected chi connectivity index (χ4v) is 4.57. The minimum atomic E-state index is -0.269. The van der Waals surface area contributed by atoms with E-state index in [9.17, 15) is 5.11 Å². The van der Waals surface area contributed by atoms with Crippen LogP contribution in [0.25, 0.3) is 0 Å². The van der Waals surface area contributed by atoms with Crippen LogP contribution < -0.4 is 0 Å². The first-order valence-electron chi connectivity index (χ1n) is 6.94. The van der Waals surface area contributed by atoms with Gasteiger partial charge in [0.05, 0.1) is 6.10 Å². The van der Waals surface area contributed by atoms with Gasteiger partial charge in [0, 0.05) is 0 Å². The van der Waals surface area contributed by atoms with Crippen LogP contribution in [0.2, 0.25) is 0 Å². The Bertz CT molecular complexity index is 364. The topological polar surface area (TPSA) is 32.8 Å². The number of rotatable bonds is 1. The molecule has 0 unspecified atom stereocenters. The molecule has 2 nitrogen and oxygen atoms in total. The molecular weight excluding hydrogens is 212 g/mol. The van der Waals surface area contributed by atoms with Crippen LogP contribution in [0.4, 0.5) is 0 Å². The highest BCUT2D eigenvalue weighted by Crippen LogP contribution is 2.67. The van der Waals surface area contributed by atoms with Crippen molar-refractivity contribution >= 4 is 0 Å². The van der Waals surface area contributed by atoms with Gasteiger partial charge in [0.25, 0.3) is 0 Å². The number of aliphatic hydroxyl groups is 1. The molecule has 3 aliphatic rings. The zero-order valence-electron chi connectivity index (χ0n) is 11.2. The standard InChI is InChI=1S/C15H24O2/c1-9(2)11-7-10(3)12-5-6-13(16)14(4)15(12,8-11)17-14/h10-13,16H,1,5-8H2,2-4H3/t10-,11+,12-,13+,14+,15+/m0/s1. The molecule has 0 aromatic rings. The Balaban J connectivity index is 1.91. The Morgan fingerprint density at radius 3 is 2.76 bits per heavy atom. The third-order valence-corrected chi connectivity index (χ3v) is 5.77. The van der Waals surface area contributed by atoms with Gasteiger partial charge in [-0.2, -0.15) is 0 Å². The number of allylic oxidation sites excluding steroid dienone is 1. The molecule has 2 heteroatoms. The molecule has 1 heterocycles. The van der Waals surface area contributed by atoms with Crippen molar-refractivity contribution < 1.29 is 9.84 Å². The maximum atomic E-state index is 10.2. The molecule has 0 amide bonds. The van der Waals surface area contributed by atoms with Gasteiger partial charge in [-0.3, -0.25) is 0 Å². The van der Waals surface area contributed by atoms with Gasteiger partial charge in [0.2, 0.25) is 0 Å². The summed E-state index contributed by atoms with van der Waals surface area (Å²) in [6, 6.07) is 0. The second-order valence-corrected chi connectivity index (χ2v) is 6.76. The lowest BCUT2D eigenvalue weighted by Gasteiger charge is -2.44. The summed E-state index contributed by atoms with van der Waals surface area (Å²) in [7, 11) is 0. The highest BCUT2D eigenvalue weighted by Gasteiger charge is 2.76. The number of aliphatic hydroxyl groups excluding tert-OH is 1. The molecule has 1 spiro atoms. The van der Waals surface area contributed by atoms with Crippen LogP contribution in [-0.4, -0.2) is 22.4 Å².